The van der Waals surface area contributed by atoms with Crippen LogP contribution in [0.25, 0.3) is 10.8 Å². The second kappa shape index (κ2) is 4.75. The molecule has 0 atom stereocenters. The minimum Gasteiger partial charge on any atom is -0.478 e. The number of fused-ring (bicyclic) bond motifs is 1. The lowest BCUT2D eigenvalue weighted by Crippen LogP contribution is -2.24. The van der Waals surface area contributed by atoms with E-state index in [4.69, 9.17) is 5.11 Å². The van der Waals surface area contributed by atoms with E-state index in [2.05, 4.69) is 10.6 Å². The van der Waals surface area contributed by atoms with Gasteiger partial charge in [0.25, 0.3) is 0 Å². The Hall–Kier alpha value is -2.56. The van der Waals surface area contributed by atoms with Crippen LogP contribution in [0.1, 0.15) is 10.4 Å². The number of rotatable bonds is 2. The molecule has 2 amide bonds. The molecule has 5 nitrogen and oxygen atoms in total. The fourth-order valence-electron chi connectivity index (χ4n) is 1.70. The molecular weight excluding hydrogens is 232 g/mol. The number of carboxylic acids is 1. The number of amides is 2. The average Bonchev–Trinajstić information content (AvgIpc) is 2.38. The van der Waals surface area contributed by atoms with Crippen molar-refractivity contribution in [3.05, 3.63) is 42.0 Å². The Labute approximate surface area is 103 Å². The lowest BCUT2D eigenvalue weighted by atomic mass is 10.1. The van der Waals surface area contributed by atoms with E-state index in [1.807, 2.05) is 6.07 Å². The van der Waals surface area contributed by atoms with Gasteiger partial charge in [-0.1, -0.05) is 18.2 Å². The van der Waals surface area contributed by atoms with E-state index in [1.54, 1.807) is 24.3 Å². The summed E-state index contributed by atoms with van der Waals surface area (Å²) in [5.74, 6) is -0.994. The number of benzene rings is 2. The largest absolute Gasteiger partial charge is 0.478 e. The Bertz CT molecular complexity index is 623. The van der Waals surface area contributed by atoms with Gasteiger partial charge in [-0.15, -0.1) is 0 Å². The molecule has 2 aromatic rings. The molecule has 3 N–H and O–H groups in total. The van der Waals surface area contributed by atoms with E-state index in [0.29, 0.717) is 11.1 Å². The van der Waals surface area contributed by atoms with Crippen LogP contribution in [0.4, 0.5) is 10.5 Å². The maximum atomic E-state index is 11.3. The van der Waals surface area contributed by atoms with Crippen molar-refractivity contribution in [2.75, 3.05) is 12.4 Å². The lowest BCUT2D eigenvalue weighted by Gasteiger charge is -2.08. The number of hydrogen-bond donors (Lipinski definition) is 3. The molecule has 0 aliphatic heterocycles. The Morgan fingerprint density at radius 2 is 1.94 bits per heavy atom. The van der Waals surface area contributed by atoms with Gasteiger partial charge in [0.15, 0.2) is 0 Å². The molecule has 0 spiro atoms. The molecule has 0 bridgehead atoms. The molecule has 5 heteroatoms. The highest BCUT2D eigenvalue weighted by molar-refractivity contribution is 6.04. The first-order chi connectivity index (χ1) is 8.61. The zero-order valence-electron chi connectivity index (χ0n) is 9.73. The maximum absolute atomic E-state index is 11.3. The third-order valence-electron chi connectivity index (χ3n) is 2.60. The molecule has 0 radical (unpaired) electrons. The molecule has 0 aliphatic carbocycles. The van der Waals surface area contributed by atoms with Gasteiger partial charge in [0, 0.05) is 12.4 Å². The van der Waals surface area contributed by atoms with Crippen molar-refractivity contribution >= 4 is 28.5 Å². The summed E-state index contributed by atoms with van der Waals surface area (Å²) in [5, 5.41) is 15.6. The van der Waals surface area contributed by atoms with Crippen LogP contribution in [0.3, 0.4) is 0 Å². The van der Waals surface area contributed by atoms with Gasteiger partial charge in [-0.2, -0.15) is 0 Å². The Morgan fingerprint density at radius 1 is 1.17 bits per heavy atom. The third-order valence-corrected chi connectivity index (χ3v) is 2.60. The van der Waals surface area contributed by atoms with Crippen LogP contribution in [0.5, 0.6) is 0 Å². The van der Waals surface area contributed by atoms with Crippen LogP contribution in [0, 0.1) is 0 Å². The van der Waals surface area contributed by atoms with Crippen LogP contribution in [0.2, 0.25) is 0 Å². The molecule has 0 saturated heterocycles. The van der Waals surface area contributed by atoms with Crippen LogP contribution < -0.4 is 10.6 Å². The number of hydrogen-bond acceptors (Lipinski definition) is 2. The lowest BCUT2D eigenvalue weighted by molar-refractivity contribution is 0.0697. The number of urea groups is 1. The number of anilines is 1. The van der Waals surface area contributed by atoms with Gasteiger partial charge in [-0.25, -0.2) is 9.59 Å². The van der Waals surface area contributed by atoms with Gasteiger partial charge >= 0.3 is 12.0 Å². The quantitative estimate of drug-likeness (QED) is 0.758. The topological polar surface area (TPSA) is 78.4 Å². The summed E-state index contributed by atoms with van der Waals surface area (Å²) in [4.78, 5) is 22.2. The van der Waals surface area contributed by atoms with Crippen LogP contribution in [-0.4, -0.2) is 24.2 Å². The molecule has 18 heavy (non-hydrogen) atoms. The molecule has 2 aromatic carbocycles. The van der Waals surface area contributed by atoms with Gasteiger partial charge in [0.05, 0.1) is 11.3 Å². The van der Waals surface area contributed by atoms with Gasteiger partial charge in [-0.05, 0) is 23.6 Å². The van der Waals surface area contributed by atoms with Crippen LogP contribution in [-0.2, 0) is 0 Å². The molecular formula is C13H12N2O3. The molecule has 92 valence electrons. The van der Waals surface area contributed by atoms with E-state index >= 15 is 0 Å². The van der Waals surface area contributed by atoms with Crippen LogP contribution >= 0.6 is 0 Å². The number of nitrogens with one attached hydrogen (secondary N) is 2. The van der Waals surface area contributed by atoms with E-state index < -0.39 is 5.97 Å². The normalized spacial score (nSPS) is 10.1. The highest BCUT2D eigenvalue weighted by atomic mass is 16.4. The molecule has 0 aliphatic rings. The molecule has 0 saturated carbocycles. The summed E-state index contributed by atoms with van der Waals surface area (Å²) >= 11 is 0. The molecule has 0 fully saturated rings. The first-order valence-electron chi connectivity index (χ1n) is 5.36. The van der Waals surface area contributed by atoms with Gasteiger partial charge < -0.3 is 15.7 Å². The molecule has 0 heterocycles. The highest BCUT2D eigenvalue weighted by Gasteiger charge is 2.08. The third kappa shape index (κ3) is 2.24. The summed E-state index contributed by atoms with van der Waals surface area (Å²) in [6.07, 6.45) is 0. The Kier molecular flexibility index (Phi) is 3.14. The highest BCUT2D eigenvalue weighted by Crippen LogP contribution is 2.24. The van der Waals surface area contributed by atoms with Crippen LogP contribution in [0.15, 0.2) is 36.4 Å². The maximum Gasteiger partial charge on any atom is 0.335 e. The van der Waals surface area contributed by atoms with E-state index in [9.17, 15) is 9.59 Å². The van der Waals surface area contributed by atoms with Crippen molar-refractivity contribution in [1.82, 2.24) is 5.32 Å². The summed E-state index contributed by atoms with van der Waals surface area (Å²) in [6, 6.07) is 9.83. The zero-order chi connectivity index (χ0) is 13.1. The van der Waals surface area contributed by atoms with Crippen molar-refractivity contribution in [2.45, 2.75) is 0 Å². The Balaban J connectivity index is 2.55. The Morgan fingerprint density at radius 3 is 2.61 bits per heavy atom. The second-order valence-electron chi connectivity index (χ2n) is 3.75. The van der Waals surface area contributed by atoms with Crippen molar-refractivity contribution < 1.29 is 14.7 Å². The standard InChI is InChI=1S/C13H12N2O3/c1-14-13(18)15-11-4-2-3-8-5-6-9(12(16)17)7-10(8)11/h2-7H,1H3,(H,16,17)(H2,14,15,18). The monoisotopic (exact) mass is 244 g/mol. The van der Waals surface area contributed by atoms with E-state index in [1.165, 1.54) is 13.1 Å². The smallest absolute Gasteiger partial charge is 0.335 e. The molecule has 0 aromatic heterocycles. The summed E-state index contributed by atoms with van der Waals surface area (Å²) in [7, 11) is 1.52. The molecule has 0 unspecified atom stereocenters. The average molecular weight is 244 g/mol. The number of aromatic carboxylic acids is 1. The van der Waals surface area contributed by atoms with Crippen molar-refractivity contribution in [2.24, 2.45) is 0 Å². The first-order valence-corrected chi connectivity index (χ1v) is 5.36. The van der Waals surface area contributed by atoms with Crippen molar-refractivity contribution in [1.29, 1.82) is 0 Å². The van der Waals surface area contributed by atoms with E-state index in [0.717, 1.165) is 5.39 Å². The second-order valence-corrected chi connectivity index (χ2v) is 3.75. The van der Waals surface area contributed by atoms with Gasteiger partial charge in [-0.3, -0.25) is 0 Å². The number of carbonyl (C=O) groups is 2. The SMILES string of the molecule is CNC(=O)Nc1cccc2ccc(C(=O)O)cc12. The first kappa shape index (κ1) is 11.9. The minimum atomic E-state index is -0.994. The fourth-order valence-corrected chi connectivity index (χ4v) is 1.70. The number of carboxylic acid groups (broad SMARTS) is 1. The minimum absolute atomic E-state index is 0.189. The van der Waals surface area contributed by atoms with Gasteiger partial charge in [0.1, 0.15) is 0 Å². The fraction of sp³-hybridized carbons (Fsp3) is 0.0769. The van der Waals surface area contributed by atoms with E-state index in [-0.39, 0.29) is 11.6 Å². The molecule has 2 rings (SSSR count). The van der Waals surface area contributed by atoms with Crippen molar-refractivity contribution in [3.63, 3.8) is 0 Å². The van der Waals surface area contributed by atoms with Crippen molar-refractivity contribution in [3.8, 4) is 0 Å². The van der Waals surface area contributed by atoms with Gasteiger partial charge in [0.2, 0.25) is 0 Å². The summed E-state index contributed by atoms with van der Waals surface area (Å²) in [5.41, 5.74) is 0.767. The number of carbonyl (C=O) groups excluding carboxylic acids is 1. The summed E-state index contributed by atoms with van der Waals surface area (Å²) in [6.45, 7) is 0. The predicted octanol–water partition coefficient (Wildman–Crippen LogP) is 2.29. The predicted molar refractivity (Wildman–Crippen MR) is 69.0 cm³/mol. The summed E-state index contributed by atoms with van der Waals surface area (Å²) < 4.78 is 0. The zero-order valence-corrected chi connectivity index (χ0v) is 9.73.